The normalized spacial score (nSPS) is 21.1. The van der Waals surface area contributed by atoms with E-state index in [9.17, 15) is 0 Å². The van der Waals surface area contributed by atoms with E-state index in [4.69, 9.17) is 21.1 Å². The Balaban J connectivity index is 0.00000161. The monoisotopic (exact) mass is 332 g/mol. The Hall–Kier alpha value is -0.680. The van der Waals surface area contributed by atoms with Crippen molar-refractivity contribution in [1.29, 1.82) is 0 Å². The largest absolute Gasteiger partial charge is 0.486 e. The van der Waals surface area contributed by atoms with Crippen LogP contribution in [-0.4, -0.2) is 44.8 Å². The van der Waals surface area contributed by atoms with Gasteiger partial charge in [0.25, 0.3) is 0 Å². The quantitative estimate of drug-likeness (QED) is 0.918. The summed E-state index contributed by atoms with van der Waals surface area (Å²) < 4.78 is 11.2. The minimum Gasteiger partial charge on any atom is -0.486 e. The highest BCUT2D eigenvalue weighted by Gasteiger charge is 2.23. The molecule has 1 aromatic rings. The molecule has 21 heavy (non-hydrogen) atoms. The van der Waals surface area contributed by atoms with Crippen molar-refractivity contribution < 1.29 is 9.47 Å². The summed E-state index contributed by atoms with van der Waals surface area (Å²) in [4.78, 5) is 2.48. The van der Waals surface area contributed by atoms with Gasteiger partial charge < -0.3 is 14.8 Å². The smallest absolute Gasteiger partial charge is 0.179 e. The van der Waals surface area contributed by atoms with Gasteiger partial charge in [-0.1, -0.05) is 11.6 Å². The maximum atomic E-state index is 6.28. The van der Waals surface area contributed by atoms with Gasteiger partial charge in [0.15, 0.2) is 11.5 Å². The van der Waals surface area contributed by atoms with E-state index in [0.717, 1.165) is 37.8 Å². The number of rotatable bonds is 4. The van der Waals surface area contributed by atoms with Crippen molar-refractivity contribution in [2.45, 2.75) is 13.0 Å². The molecule has 0 aromatic heterocycles. The molecule has 0 saturated carbocycles. The van der Waals surface area contributed by atoms with Gasteiger partial charge in [-0.2, -0.15) is 0 Å². The number of likely N-dealkylation sites (tertiary alicyclic amines) is 1. The second kappa shape index (κ2) is 7.54. The fourth-order valence-corrected chi connectivity index (χ4v) is 3.31. The first-order valence-corrected chi connectivity index (χ1v) is 7.59. The first kappa shape index (κ1) is 16.7. The van der Waals surface area contributed by atoms with E-state index in [0.29, 0.717) is 24.0 Å². The van der Waals surface area contributed by atoms with Crippen molar-refractivity contribution in [3.8, 4) is 11.5 Å². The van der Waals surface area contributed by atoms with E-state index >= 15 is 0 Å². The molecule has 1 unspecified atom stereocenters. The Morgan fingerprint density at radius 1 is 1.33 bits per heavy atom. The molecule has 1 saturated heterocycles. The summed E-state index contributed by atoms with van der Waals surface area (Å²) in [6, 6.07) is 4.06. The minimum atomic E-state index is 0. The van der Waals surface area contributed by atoms with Crippen LogP contribution in [0.2, 0.25) is 5.02 Å². The molecule has 0 aliphatic carbocycles. The molecule has 2 aliphatic heterocycles. The Bertz CT molecular complexity index is 485. The maximum absolute atomic E-state index is 6.28. The van der Waals surface area contributed by atoms with Crippen LogP contribution in [0.4, 0.5) is 0 Å². The van der Waals surface area contributed by atoms with Crippen LogP contribution in [0.5, 0.6) is 11.5 Å². The lowest BCUT2D eigenvalue weighted by Crippen LogP contribution is -2.24. The molecule has 3 rings (SSSR count). The highest BCUT2D eigenvalue weighted by molar-refractivity contribution is 6.32. The van der Waals surface area contributed by atoms with Crippen LogP contribution >= 0.6 is 24.0 Å². The van der Waals surface area contributed by atoms with Crippen molar-refractivity contribution in [2.75, 3.05) is 39.9 Å². The van der Waals surface area contributed by atoms with E-state index < -0.39 is 0 Å². The number of hydrogen-bond acceptors (Lipinski definition) is 4. The van der Waals surface area contributed by atoms with Crippen molar-refractivity contribution in [3.05, 3.63) is 22.7 Å². The topological polar surface area (TPSA) is 33.7 Å². The Morgan fingerprint density at radius 3 is 2.95 bits per heavy atom. The van der Waals surface area contributed by atoms with Gasteiger partial charge in [-0.3, -0.25) is 4.90 Å². The predicted molar refractivity (Wildman–Crippen MR) is 87.0 cm³/mol. The fraction of sp³-hybridized carbons (Fsp3) is 0.600. The average molecular weight is 333 g/mol. The lowest BCUT2D eigenvalue weighted by molar-refractivity contribution is 0.171. The number of hydrogen-bond donors (Lipinski definition) is 1. The molecule has 6 heteroatoms. The lowest BCUT2D eigenvalue weighted by atomic mass is 10.1. The third kappa shape index (κ3) is 3.95. The second-order valence-corrected chi connectivity index (χ2v) is 5.96. The van der Waals surface area contributed by atoms with E-state index in [2.05, 4.69) is 16.3 Å². The Kier molecular flexibility index (Phi) is 5.99. The second-order valence-electron chi connectivity index (χ2n) is 5.55. The minimum absolute atomic E-state index is 0. The summed E-state index contributed by atoms with van der Waals surface area (Å²) >= 11 is 6.28. The van der Waals surface area contributed by atoms with Crippen LogP contribution < -0.4 is 14.8 Å². The molecule has 0 spiro atoms. The number of nitrogens with one attached hydrogen (secondary N) is 1. The van der Waals surface area contributed by atoms with Crippen molar-refractivity contribution in [3.63, 3.8) is 0 Å². The third-order valence-corrected chi connectivity index (χ3v) is 4.21. The molecule has 1 aromatic carbocycles. The van der Waals surface area contributed by atoms with Gasteiger partial charge in [0.2, 0.25) is 0 Å². The number of ether oxygens (including phenoxy) is 2. The van der Waals surface area contributed by atoms with Gasteiger partial charge in [-0.25, -0.2) is 0 Å². The third-order valence-electron chi connectivity index (χ3n) is 3.93. The Morgan fingerprint density at radius 2 is 2.14 bits per heavy atom. The van der Waals surface area contributed by atoms with Crippen molar-refractivity contribution >= 4 is 24.0 Å². The molecule has 1 fully saturated rings. The molecular formula is C15H22Cl2N2O2. The van der Waals surface area contributed by atoms with Gasteiger partial charge in [-0.15, -0.1) is 12.4 Å². The standard InChI is InChI=1S/C15H21ClN2O2.ClH/c1-17-8-11-2-3-18(9-11)10-12-6-13(16)15-14(7-12)19-4-5-20-15;/h6-7,11,17H,2-5,8-10H2,1H3;1H. The highest BCUT2D eigenvalue weighted by atomic mass is 35.5. The van der Waals surface area contributed by atoms with Crippen LogP contribution in [0.15, 0.2) is 12.1 Å². The van der Waals surface area contributed by atoms with Crippen LogP contribution in [0.1, 0.15) is 12.0 Å². The zero-order valence-corrected chi connectivity index (χ0v) is 13.8. The zero-order valence-electron chi connectivity index (χ0n) is 12.2. The molecule has 1 atom stereocenters. The molecule has 118 valence electrons. The molecule has 2 aliphatic rings. The maximum Gasteiger partial charge on any atom is 0.179 e. The number of halogens is 2. The average Bonchev–Trinajstić information content (AvgIpc) is 2.87. The van der Waals surface area contributed by atoms with Crippen molar-refractivity contribution in [1.82, 2.24) is 10.2 Å². The zero-order chi connectivity index (χ0) is 13.9. The summed E-state index contributed by atoms with van der Waals surface area (Å²) in [6.45, 7) is 5.49. The van der Waals surface area contributed by atoms with Crippen LogP contribution in [-0.2, 0) is 6.54 Å². The van der Waals surface area contributed by atoms with E-state index in [1.807, 2.05) is 13.1 Å². The molecule has 0 amide bonds. The molecule has 2 heterocycles. The molecule has 0 bridgehead atoms. The first-order chi connectivity index (χ1) is 9.76. The molecule has 4 nitrogen and oxygen atoms in total. The first-order valence-electron chi connectivity index (χ1n) is 7.21. The van der Waals surface area contributed by atoms with E-state index in [1.54, 1.807) is 0 Å². The summed E-state index contributed by atoms with van der Waals surface area (Å²) in [5.41, 5.74) is 1.20. The fourth-order valence-electron chi connectivity index (χ4n) is 3.03. The van der Waals surface area contributed by atoms with Crippen LogP contribution in [0, 0.1) is 5.92 Å². The van der Waals surface area contributed by atoms with E-state index in [-0.39, 0.29) is 12.4 Å². The van der Waals surface area contributed by atoms with Crippen LogP contribution in [0.3, 0.4) is 0 Å². The summed E-state index contributed by atoms with van der Waals surface area (Å²) in [7, 11) is 2.02. The van der Waals surface area contributed by atoms with Gasteiger partial charge >= 0.3 is 0 Å². The summed E-state index contributed by atoms with van der Waals surface area (Å²) in [5, 5.41) is 3.92. The van der Waals surface area contributed by atoms with Gasteiger partial charge in [0.05, 0.1) is 5.02 Å². The van der Waals surface area contributed by atoms with Crippen molar-refractivity contribution in [2.24, 2.45) is 5.92 Å². The SMILES string of the molecule is CNCC1CCN(Cc2cc(Cl)c3c(c2)OCCO3)C1.Cl. The number of benzene rings is 1. The molecule has 1 N–H and O–H groups in total. The number of fused-ring (bicyclic) bond motifs is 1. The van der Waals surface area contributed by atoms with E-state index in [1.165, 1.54) is 12.0 Å². The van der Waals surface area contributed by atoms with Crippen LogP contribution in [0.25, 0.3) is 0 Å². The highest BCUT2D eigenvalue weighted by Crippen LogP contribution is 2.38. The molecular weight excluding hydrogens is 311 g/mol. The number of nitrogens with zero attached hydrogens (tertiary/aromatic N) is 1. The predicted octanol–water partition coefficient (Wildman–Crippen LogP) is 2.57. The van der Waals surface area contributed by atoms with Gasteiger partial charge in [-0.05, 0) is 50.2 Å². The van der Waals surface area contributed by atoms with Gasteiger partial charge in [0, 0.05) is 13.1 Å². The Labute approximate surface area is 137 Å². The lowest BCUT2D eigenvalue weighted by Gasteiger charge is -2.22. The molecule has 0 radical (unpaired) electrons. The summed E-state index contributed by atoms with van der Waals surface area (Å²) in [5.74, 6) is 2.23. The summed E-state index contributed by atoms with van der Waals surface area (Å²) in [6.07, 6.45) is 1.26. The van der Waals surface area contributed by atoms with Gasteiger partial charge in [0.1, 0.15) is 13.2 Å².